The van der Waals surface area contributed by atoms with Crippen LogP contribution in [0.15, 0.2) is 6.07 Å². The molecule has 2 fully saturated rings. The highest BCUT2D eigenvalue weighted by Crippen LogP contribution is 2.23. The molecule has 29 heavy (non-hydrogen) atoms. The molecule has 0 spiro atoms. The van der Waals surface area contributed by atoms with Gasteiger partial charge in [-0.1, -0.05) is 13.8 Å². The predicted octanol–water partition coefficient (Wildman–Crippen LogP) is 2.63. The summed E-state index contributed by atoms with van der Waals surface area (Å²) in [6, 6.07) is 1.98. The van der Waals surface area contributed by atoms with Crippen LogP contribution in [0.4, 0.5) is 5.95 Å². The molecular weight excluding hydrogens is 366 g/mol. The van der Waals surface area contributed by atoms with Gasteiger partial charge >= 0.3 is 0 Å². The summed E-state index contributed by atoms with van der Waals surface area (Å²) < 4.78 is 0. The Labute approximate surface area is 174 Å². The van der Waals surface area contributed by atoms with Crippen LogP contribution < -0.4 is 4.90 Å². The van der Waals surface area contributed by atoms with E-state index in [9.17, 15) is 9.59 Å². The molecule has 0 saturated carbocycles. The average Bonchev–Trinajstić information content (AvgIpc) is 2.69. The first kappa shape index (κ1) is 21.5. The topological polar surface area (TPSA) is 69.6 Å². The molecule has 2 saturated heterocycles. The van der Waals surface area contributed by atoms with Crippen molar-refractivity contribution in [3.05, 3.63) is 17.5 Å². The molecule has 2 aliphatic rings. The van der Waals surface area contributed by atoms with Crippen molar-refractivity contribution in [1.29, 1.82) is 0 Å². The van der Waals surface area contributed by atoms with Crippen LogP contribution in [0.3, 0.4) is 0 Å². The monoisotopic (exact) mass is 401 g/mol. The van der Waals surface area contributed by atoms with Crippen LogP contribution in [-0.2, 0) is 16.1 Å². The summed E-state index contributed by atoms with van der Waals surface area (Å²) >= 11 is 0. The van der Waals surface area contributed by atoms with Crippen LogP contribution in [-0.4, -0.2) is 64.8 Å². The molecule has 0 N–H and O–H groups in total. The van der Waals surface area contributed by atoms with Crippen molar-refractivity contribution >= 4 is 17.8 Å². The van der Waals surface area contributed by atoms with Crippen molar-refractivity contribution in [3.8, 4) is 0 Å². The molecule has 2 amide bonds. The molecule has 1 unspecified atom stereocenters. The van der Waals surface area contributed by atoms with E-state index in [0.717, 1.165) is 36.8 Å². The second kappa shape index (κ2) is 9.55. The fourth-order valence-electron chi connectivity index (χ4n) is 4.21. The van der Waals surface area contributed by atoms with Crippen molar-refractivity contribution in [2.24, 2.45) is 11.8 Å². The predicted molar refractivity (Wildman–Crippen MR) is 113 cm³/mol. The lowest BCUT2D eigenvalue weighted by atomic mass is 9.94. The van der Waals surface area contributed by atoms with E-state index < -0.39 is 0 Å². The number of nitrogens with zero attached hydrogens (tertiary/aromatic N) is 5. The summed E-state index contributed by atoms with van der Waals surface area (Å²) in [6.45, 7) is 10.0. The highest BCUT2D eigenvalue weighted by Gasteiger charge is 2.32. The van der Waals surface area contributed by atoms with E-state index >= 15 is 0 Å². The third kappa shape index (κ3) is 5.67. The molecule has 0 bridgehead atoms. The van der Waals surface area contributed by atoms with E-state index in [1.165, 1.54) is 19.3 Å². The lowest BCUT2D eigenvalue weighted by Crippen LogP contribution is -2.44. The number of anilines is 1. The van der Waals surface area contributed by atoms with E-state index in [2.05, 4.69) is 23.7 Å². The molecule has 3 rings (SSSR count). The maximum atomic E-state index is 13.3. The lowest BCUT2D eigenvalue weighted by Gasteiger charge is -2.33. The summed E-state index contributed by atoms with van der Waals surface area (Å²) in [6.07, 6.45) is 4.66. The molecule has 1 atom stereocenters. The fraction of sp³-hybridized carbons (Fsp3) is 0.727. The number of amides is 2. The minimum atomic E-state index is -0.220. The van der Waals surface area contributed by atoms with Gasteiger partial charge in [0.25, 0.3) is 0 Å². The van der Waals surface area contributed by atoms with Gasteiger partial charge in [-0.25, -0.2) is 9.97 Å². The largest absolute Gasteiger partial charge is 0.346 e. The van der Waals surface area contributed by atoms with Gasteiger partial charge < -0.3 is 14.7 Å². The van der Waals surface area contributed by atoms with E-state index in [1.54, 1.807) is 11.9 Å². The second-order valence-electron chi connectivity index (χ2n) is 8.97. The standard InChI is InChI=1S/C22H35N5O2/c1-16(2)14-27(21(29)18-8-11-25(4)20(28)13-18)15-19-12-17(3)23-22(24-19)26-9-6-5-7-10-26/h12,16,18H,5-11,13-15H2,1-4H3. The third-order valence-electron chi connectivity index (χ3n) is 5.79. The fourth-order valence-corrected chi connectivity index (χ4v) is 4.21. The third-order valence-corrected chi connectivity index (χ3v) is 5.79. The number of likely N-dealkylation sites (tertiary alicyclic amines) is 1. The first-order valence-corrected chi connectivity index (χ1v) is 11.0. The van der Waals surface area contributed by atoms with Gasteiger partial charge in [0.2, 0.25) is 17.8 Å². The first-order valence-electron chi connectivity index (χ1n) is 11.0. The molecule has 2 aliphatic heterocycles. The first-order chi connectivity index (χ1) is 13.8. The Morgan fingerprint density at radius 3 is 2.59 bits per heavy atom. The zero-order valence-electron chi connectivity index (χ0n) is 18.4. The maximum absolute atomic E-state index is 13.3. The molecule has 1 aromatic heterocycles. The van der Waals surface area contributed by atoms with Crippen LogP contribution >= 0.6 is 0 Å². The van der Waals surface area contributed by atoms with Gasteiger partial charge in [0.15, 0.2) is 0 Å². The molecule has 1 aromatic rings. The molecule has 0 aromatic carbocycles. The van der Waals surface area contributed by atoms with Crippen LogP contribution in [0, 0.1) is 18.8 Å². The van der Waals surface area contributed by atoms with Crippen LogP contribution in [0.1, 0.15) is 57.3 Å². The van der Waals surface area contributed by atoms with Crippen molar-refractivity contribution in [2.75, 3.05) is 38.1 Å². The Balaban J connectivity index is 1.76. The Morgan fingerprint density at radius 1 is 1.21 bits per heavy atom. The molecule has 7 heteroatoms. The van der Waals surface area contributed by atoms with E-state index in [1.807, 2.05) is 17.9 Å². The van der Waals surface area contributed by atoms with E-state index in [0.29, 0.717) is 32.0 Å². The van der Waals surface area contributed by atoms with Gasteiger partial charge in [0.1, 0.15) is 0 Å². The summed E-state index contributed by atoms with van der Waals surface area (Å²) in [5.41, 5.74) is 1.81. The summed E-state index contributed by atoms with van der Waals surface area (Å²) in [7, 11) is 1.81. The Bertz CT molecular complexity index is 730. The maximum Gasteiger partial charge on any atom is 0.226 e. The quantitative estimate of drug-likeness (QED) is 0.733. The molecular formula is C22H35N5O2. The van der Waals surface area contributed by atoms with Gasteiger partial charge in [-0.05, 0) is 44.6 Å². The van der Waals surface area contributed by atoms with Crippen LogP contribution in [0.25, 0.3) is 0 Å². The minimum absolute atomic E-state index is 0.0596. The second-order valence-corrected chi connectivity index (χ2v) is 8.97. The van der Waals surface area contributed by atoms with Crippen molar-refractivity contribution in [2.45, 2.75) is 59.4 Å². The molecule has 0 aliphatic carbocycles. The summed E-state index contributed by atoms with van der Waals surface area (Å²) in [5, 5.41) is 0. The normalized spacial score (nSPS) is 20.3. The van der Waals surface area contributed by atoms with Gasteiger partial charge in [0.05, 0.1) is 12.2 Å². The summed E-state index contributed by atoms with van der Waals surface area (Å²) in [4.78, 5) is 40.7. The number of aromatic nitrogens is 2. The highest BCUT2D eigenvalue weighted by atomic mass is 16.2. The van der Waals surface area contributed by atoms with Gasteiger partial charge in [-0.2, -0.15) is 0 Å². The number of carbonyl (C=O) groups is 2. The number of hydrogen-bond donors (Lipinski definition) is 0. The molecule has 7 nitrogen and oxygen atoms in total. The number of rotatable bonds is 6. The highest BCUT2D eigenvalue weighted by molar-refractivity contribution is 5.86. The number of piperidine rings is 2. The van der Waals surface area contributed by atoms with Crippen molar-refractivity contribution in [1.82, 2.24) is 19.8 Å². The Hall–Kier alpha value is -2.18. The number of hydrogen-bond acceptors (Lipinski definition) is 5. The zero-order valence-corrected chi connectivity index (χ0v) is 18.4. The van der Waals surface area contributed by atoms with Gasteiger partial charge in [-0.15, -0.1) is 0 Å². The molecule has 160 valence electrons. The van der Waals surface area contributed by atoms with Crippen LogP contribution in [0.2, 0.25) is 0 Å². The van der Waals surface area contributed by atoms with Gasteiger partial charge in [0, 0.05) is 51.3 Å². The average molecular weight is 402 g/mol. The van der Waals surface area contributed by atoms with Crippen molar-refractivity contribution < 1.29 is 9.59 Å². The summed E-state index contributed by atoms with van der Waals surface area (Å²) in [5.74, 6) is 1.05. The lowest BCUT2D eigenvalue weighted by molar-refractivity contribution is -0.145. The zero-order chi connectivity index (χ0) is 21.0. The minimum Gasteiger partial charge on any atom is -0.346 e. The Kier molecular flexibility index (Phi) is 7.09. The van der Waals surface area contributed by atoms with Crippen LogP contribution in [0.5, 0.6) is 0 Å². The SMILES string of the molecule is Cc1cc(CN(CC(C)C)C(=O)C2CCN(C)C(=O)C2)nc(N2CCCCC2)n1. The Morgan fingerprint density at radius 2 is 1.93 bits per heavy atom. The van der Waals surface area contributed by atoms with E-state index in [-0.39, 0.29) is 17.7 Å². The van der Waals surface area contributed by atoms with E-state index in [4.69, 9.17) is 4.98 Å². The number of aryl methyl sites for hydroxylation is 1. The van der Waals surface area contributed by atoms with Gasteiger partial charge in [-0.3, -0.25) is 9.59 Å². The van der Waals surface area contributed by atoms with Crippen molar-refractivity contribution in [3.63, 3.8) is 0 Å². The smallest absolute Gasteiger partial charge is 0.226 e. The molecule has 3 heterocycles. The molecule has 0 radical (unpaired) electrons. The number of carbonyl (C=O) groups excluding carboxylic acids is 2.